The molecule has 5 heteroatoms. The van der Waals surface area contributed by atoms with Gasteiger partial charge in [-0.25, -0.2) is 4.39 Å². The molecule has 100 valence electrons. The number of ether oxygens (including phenoxy) is 2. The highest BCUT2D eigenvalue weighted by atomic mass is 19.1. The normalized spacial score (nSPS) is 12.5. The topological polar surface area (TPSA) is 47.6 Å². The molecule has 0 aliphatic carbocycles. The highest BCUT2D eigenvalue weighted by molar-refractivity contribution is 5.73. The number of nitrogens with one attached hydrogen (secondary N) is 1. The maximum atomic E-state index is 13.2. The van der Waals surface area contributed by atoms with Gasteiger partial charge in [0.05, 0.1) is 6.04 Å². The molecule has 4 nitrogen and oxygen atoms in total. The minimum atomic E-state index is -0.454. The zero-order valence-electron chi connectivity index (χ0n) is 10.8. The minimum absolute atomic E-state index is 0.185. The minimum Gasteiger partial charge on any atom is -0.356 e. The van der Waals surface area contributed by atoms with Crippen LogP contribution in [0.4, 0.5) is 4.39 Å². The Morgan fingerprint density at radius 2 is 2.06 bits per heavy atom. The molecule has 1 amide bonds. The quantitative estimate of drug-likeness (QED) is 0.791. The van der Waals surface area contributed by atoms with Gasteiger partial charge < -0.3 is 14.8 Å². The van der Waals surface area contributed by atoms with Crippen molar-refractivity contribution >= 4 is 5.91 Å². The van der Waals surface area contributed by atoms with Crippen LogP contribution in [0.5, 0.6) is 0 Å². The van der Waals surface area contributed by atoms with Gasteiger partial charge in [0, 0.05) is 27.6 Å². The smallest absolute Gasteiger partial charge is 0.217 e. The summed E-state index contributed by atoms with van der Waals surface area (Å²) < 4.78 is 23.4. The van der Waals surface area contributed by atoms with Crippen LogP contribution in [0.15, 0.2) is 24.3 Å². The largest absolute Gasteiger partial charge is 0.356 e. The van der Waals surface area contributed by atoms with Gasteiger partial charge in [-0.05, 0) is 17.7 Å². The first-order chi connectivity index (χ1) is 8.56. The zero-order chi connectivity index (χ0) is 13.5. The first-order valence-corrected chi connectivity index (χ1v) is 5.65. The summed E-state index contributed by atoms with van der Waals surface area (Å²) in [5.74, 6) is -0.524. The molecule has 1 aromatic rings. The van der Waals surface area contributed by atoms with Crippen molar-refractivity contribution in [2.45, 2.75) is 25.7 Å². The fourth-order valence-corrected chi connectivity index (χ4v) is 1.73. The van der Waals surface area contributed by atoms with E-state index >= 15 is 0 Å². The van der Waals surface area contributed by atoms with Crippen molar-refractivity contribution in [2.24, 2.45) is 0 Å². The van der Waals surface area contributed by atoms with E-state index in [4.69, 9.17) is 9.47 Å². The average molecular weight is 255 g/mol. The second kappa shape index (κ2) is 7.08. The lowest BCUT2D eigenvalue weighted by atomic mass is 10.0. The molecule has 1 aromatic carbocycles. The molecule has 0 bridgehead atoms. The lowest BCUT2D eigenvalue weighted by Gasteiger charge is -2.22. The van der Waals surface area contributed by atoms with Crippen LogP contribution in [0.3, 0.4) is 0 Å². The summed E-state index contributed by atoms with van der Waals surface area (Å²) in [6.45, 7) is 1.42. The van der Waals surface area contributed by atoms with Gasteiger partial charge in [0.25, 0.3) is 0 Å². The Morgan fingerprint density at radius 3 is 2.56 bits per heavy atom. The van der Waals surface area contributed by atoms with Crippen molar-refractivity contribution < 1.29 is 18.7 Å². The third kappa shape index (κ3) is 4.43. The lowest BCUT2D eigenvalue weighted by Crippen LogP contribution is -2.30. The van der Waals surface area contributed by atoms with Crippen LogP contribution < -0.4 is 5.32 Å². The molecule has 1 N–H and O–H groups in total. The molecule has 1 rings (SSSR count). The molecule has 18 heavy (non-hydrogen) atoms. The number of halogens is 1. The van der Waals surface area contributed by atoms with E-state index in [-0.39, 0.29) is 17.8 Å². The van der Waals surface area contributed by atoms with Gasteiger partial charge in [0.2, 0.25) is 5.91 Å². The van der Waals surface area contributed by atoms with Gasteiger partial charge in [-0.2, -0.15) is 0 Å². The molecule has 0 aliphatic rings. The molecule has 0 fully saturated rings. The monoisotopic (exact) mass is 255 g/mol. The van der Waals surface area contributed by atoms with Crippen molar-refractivity contribution in [3.05, 3.63) is 35.6 Å². The van der Waals surface area contributed by atoms with Crippen molar-refractivity contribution in [1.82, 2.24) is 5.32 Å². The van der Waals surface area contributed by atoms with Crippen LogP contribution >= 0.6 is 0 Å². The molecule has 0 radical (unpaired) electrons. The number of rotatable bonds is 6. The fourth-order valence-electron chi connectivity index (χ4n) is 1.73. The number of carbonyl (C=O) groups is 1. The lowest BCUT2D eigenvalue weighted by molar-refractivity contribution is -0.124. The summed E-state index contributed by atoms with van der Waals surface area (Å²) in [5.41, 5.74) is 0.685. The van der Waals surface area contributed by atoms with Crippen molar-refractivity contribution in [3.63, 3.8) is 0 Å². The molecule has 0 spiro atoms. The van der Waals surface area contributed by atoms with Crippen molar-refractivity contribution in [3.8, 4) is 0 Å². The summed E-state index contributed by atoms with van der Waals surface area (Å²) in [6, 6.07) is 5.77. The molecule has 1 atom stereocenters. The number of hydrogen-bond donors (Lipinski definition) is 1. The van der Waals surface area contributed by atoms with Gasteiger partial charge in [-0.1, -0.05) is 12.1 Å². The third-order valence-electron chi connectivity index (χ3n) is 2.58. The van der Waals surface area contributed by atoms with E-state index < -0.39 is 6.29 Å². The predicted octanol–water partition coefficient (Wildman–Crippen LogP) is 2.01. The maximum Gasteiger partial charge on any atom is 0.217 e. The van der Waals surface area contributed by atoms with Crippen molar-refractivity contribution in [1.29, 1.82) is 0 Å². The van der Waals surface area contributed by atoms with E-state index in [1.54, 1.807) is 12.1 Å². The maximum absolute atomic E-state index is 13.2. The number of benzene rings is 1. The van der Waals surface area contributed by atoms with Gasteiger partial charge in [-0.15, -0.1) is 0 Å². The fraction of sp³-hybridized carbons (Fsp3) is 0.462. The Kier molecular flexibility index (Phi) is 5.74. The average Bonchev–Trinajstić information content (AvgIpc) is 2.34. The molecule has 0 aliphatic heterocycles. The predicted molar refractivity (Wildman–Crippen MR) is 65.4 cm³/mol. The summed E-state index contributed by atoms with van der Waals surface area (Å²) >= 11 is 0. The SMILES string of the molecule is COC(C[C@H](NC(C)=O)c1cccc(F)c1)OC. The molecule has 0 heterocycles. The van der Waals surface area contributed by atoms with E-state index in [0.29, 0.717) is 12.0 Å². The Morgan fingerprint density at radius 1 is 1.39 bits per heavy atom. The number of methoxy groups -OCH3 is 2. The highest BCUT2D eigenvalue weighted by Gasteiger charge is 2.18. The van der Waals surface area contributed by atoms with E-state index in [1.165, 1.54) is 33.3 Å². The Hall–Kier alpha value is -1.46. The van der Waals surface area contributed by atoms with E-state index in [0.717, 1.165) is 0 Å². The Labute approximate surface area is 106 Å². The standard InChI is InChI=1S/C13H18FNO3/c1-9(16)15-12(8-13(17-2)18-3)10-5-4-6-11(14)7-10/h4-7,12-13H,8H2,1-3H3,(H,15,16)/t12-/m0/s1. The number of amides is 1. The Bertz CT molecular complexity index is 394. The summed E-state index contributed by atoms with van der Waals surface area (Å²) in [6.07, 6.45) is -0.0409. The highest BCUT2D eigenvalue weighted by Crippen LogP contribution is 2.20. The van der Waals surface area contributed by atoms with Crippen LogP contribution in [-0.4, -0.2) is 26.4 Å². The molecule has 0 saturated heterocycles. The van der Waals surface area contributed by atoms with Gasteiger partial charge >= 0.3 is 0 Å². The molecule has 0 saturated carbocycles. The first kappa shape index (κ1) is 14.6. The van der Waals surface area contributed by atoms with Gasteiger partial charge in [-0.3, -0.25) is 4.79 Å². The van der Waals surface area contributed by atoms with Gasteiger partial charge in [0.1, 0.15) is 5.82 Å². The molecular formula is C13H18FNO3. The molecular weight excluding hydrogens is 237 g/mol. The second-order valence-electron chi connectivity index (χ2n) is 3.94. The third-order valence-corrected chi connectivity index (χ3v) is 2.58. The first-order valence-electron chi connectivity index (χ1n) is 5.65. The Balaban J connectivity index is 2.86. The van der Waals surface area contributed by atoms with Crippen LogP contribution in [0.25, 0.3) is 0 Å². The molecule has 0 unspecified atom stereocenters. The van der Waals surface area contributed by atoms with Crippen LogP contribution in [0, 0.1) is 5.82 Å². The van der Waals surface area contributed by atoms with Crippen LogP contribution in [-0.2, 0) is 14.3 Å². The van der Waals surface area contributed by atoms with Crippen molar-refractivity contribution in [2.75, 3.05) is 14.2 Å². The second-order valence-corrected chi connectivity index (χ2v) is 3.94. The molecule has 0 aromatic heterocycles. The van der Waals surface area contributed by atoms with Gasteiger partial charge in [0.15, 0.2) is 6.29 Å². The summed E-state index contributed by atoms with van der Waals surface area (Å²) in [5, 5.41) is 2.76. The number of carbonyl (C=O) groups excluding carboxylic acids is 1. The summed E-state index contributed by atoms with van der Waals surface area (Å²) in [4.78, 5) is 11.2. The summed E-state index contributed by atoms with van der Waals surface area (Å²) in [7, 11) is 3.04. The van der Waals surface area contributed by atoms with E-state index in [2.05, 4.69) is 5.32 Å². The number of hydrogen-bond acceptors (Lipinski definition) is 3. The zero-order valence-corrected chi connectivity index (χ0v) is 10.8. The van der Waals surface area contributed by atoms with Crippen LogP contribution in [0.2, 0.25) is 0 Å². The van der Waals surface area contributed by atoms with E-state index in [9.17, 15) is 9.18 Å². The van der Waals surface area contributed by atoms with Crippen LogP contribution in [0.1, 0.15) is 24.9 Å². The van der Waals surface area contributed by atoms with E-state index in [1.807, 2.05) is 0 Å².